The second kappa shape index (κ2) is 11.4. The lowest BCUT2D eigenvalue weighted by Crippen LogP contribution is -2.25. The van der Waals surface area contributed by atoms with Gasteiger partial charge in [0, 0.05) is 25.0 Å². The molecule has 176 valence electrons. The number of nitrogens with one attached hydrogen (secondary N) is 1. The van der Waals surface area contributed by atoms with E-state index in [-0.39, 0.29) is 18.3 Å². The molecule has 2 aromatic carbocycles. The summed E-state index contributed by atoms with van der Waals surface area (Å²) in [7, 11) is 0. The molecule has 1 amide bonds. The lowest BCUT2D eigenvalue weighted by atomic mass is 10.1. The van der Waals surface area contributed by atoms with E-state index in [9.17, 15) is 22.4 Å². The second-order valence-corrected chi connectivity index (χ2v) is 8.65. The van der Waals surface area contributed by atoms with Crippen LogP contribution < -0.4 is 5.32 Å². The number of hydrogen-bond acceptors (Lipinski definition) is 4. The minimum atomic E-state index is -4.42. The van der Waals surface area contributed by atoms with E-state index in [2.05, 4.69) is 10.3 Å². The minimum Gasteiger partial charge on any atom is -0.351 e. The first-order chi connectivity index (χ1) is 15.7. The van der Waals surface area contributed by atoms with Gasteiger partial charge in [0.15, 0.2) is 0 Å². The Labute approximate surface area is 194 Å². The summed E-state index contributed by atoms with van der Waals surface area (Å²) in [5.74, 6) is -0.601. The molecule has 9 heteroatoms. The molecular weight excluding hydrogens is 454 g/mol. The highest BCUT2D eigenvalue weighted by Gasteiger charge is 2.30. The number of alkyl halides is 3. The number of benzene rings is 2. The van der Waals surface area contributed by atoms with Gasteiger partial charge < -0.3 is 5.32 Å². The summed E-state index contributed by atoms with van der Waals surface area (Å²) >= 11 is 1.32. The number of rotatable bonds is 10. The number of amides is 1. The molecule has 0 saturated heterocycles. The zero-order valence-electron chi connectivity index (χ0n) is 18.2. The smallest absolute Gasteiger partial charge is 0.351 e. The third-order valence-electron chi connectivity index (χ3n) is 4.94. The van der Waals surface area contributed by atoms with Gasteiger partial charge in [-0.15, -0.1) is 11.3 Å². The molecule has 0 bridgehead atoms. The van der Waals surface area contributed by atoms with Crippen LogP contribution in [0.4, 0.5) is 17.6 Å². The van der Waals surface area contributed by atoms with Crippen molar-refractivity contribution in [3.05, 3.63) is 87.1 Å². The van der Waals surface area contributed by atoms with Gasteiger partial charge in [0.2, 0.25) is 0 Å². The van der Waals surface area contributed by atoms with Crippen LogP contribution in [0.1, 0.15) is 52.0 Å². The Kier molecular flexibility index (Phi) is 8.57. The summed E-state index contributed by atoms with van der Waals surface area (Å²) in [4.78, 5) is 18.6. The monoisotopic (exact) mass is 479 g/mol. The molecular formula is C24H25F4N3OS. The molecule has 0 aliphatic heterocycles. The fraction of sp³-hybridized carbons (Fsp3) is 0.333. The van der Waals surface area contributed by atoms with E-state index >= 15 is 0 Å². The highest BCUT2D eigenvalue weighted by Crippen LogP contribution is 2.30. The summed E-state index contributed by atoms with van der Waals surface area (Å²) in [6.45, 7) is 3.56. The van der Waals surface area contributed by atoms with Gasteiger partial charge in [-0.3, -0.25) is 9.69 Å². The van der Waals surface area contributed by atoms with E-state index in [1.54, 1.807) is 23.6 Å². The summed E-state index contributed by atoms with van der Waals surface area (Å²) in [5, 5.41) is 5.17. The number of aromatic nitrogens is 1. The van der Waals surface area contributed by atoms with E-state index < -0.39 is 11.7 Å². The van der Waals surface area contributed by atoms with Crippen LogP contribution in [0.5, 0.6) is 0 Å². The van der Waals surface area contributed by atoms with E-state index in [1.807, 2.05) is 11.8 Å². The lowest BCUT2D eigenvalue weighted by Gasteiger charge is -2.22. The number of carbonyl (C=O) groups excluding carboxylic acids is 1. The number of nitrogens with zero attached hydrogens (tertiary/aromatic N) is 2. The van der Waals surface area contributed by atoms with Gasteiger partial charge in [0.25, 0.3) is 5.91 Å². The van der Waals surface area contributed by atoms with Gasteiger partial charge in [-0.1, -0.05) is 43.7 Å². The lowest BCUT2D eigenvalue weighted by molar-refractivity contribution is -0.137. The molecule has 0 radical (unpaired) electrons. The second-order valence-electron chi connectivity index (χ2n) is 7.71. The standard InChI is InChI=1S/C24H25F4N3OS/c1-2-3-11-29-23(32)21-16-33-22(30-21)15-31(13-17-7-9-20(25)10-8-17)14-18-5-4-6-19(12-18)24(26,27)28/h4-10,12,16H,2-3,11,13-15H2,1H3,(H,29,32). The Bertz CT molecular complexity index is 1050. The van der Waals surface area contributed by atoms with Crippen molar-refractivity contribution >= 4 is 17.2 Å². The summed E-state index contributed by atoms with van der Waals surface area (Å²) in [6.07, 6.45) is -2.57. The van der Waals surface area contributed by atoms with Crippen molar-refractivity contribution in [2.45, 2.75) is 45.6 Å². The van der Waals surface area contributed by atoms with E-state index in [0.717, 1.165) is 30.5 Å². The van der Waals surface area contributed by atoms with Gasteiger partial charge in [-0.25, -0.2) is 9.37 Å². The first kappa shape index (κ1) is 24.9. The first-order valence-corrected chi connectivity index (χ1v) is 11.5. The summed E-state index contributed by atoms with van der Waals surface area (Å²) in [5.41, 5.74) is 0.937. The number of thiazole rings is 1. The molecule has 33 heavy (non-hydrogen) atoms. The first-order valence-electron chi connectivity index (χ1n) is 10.6. The van der Waals surface area contributed by atoms with Crippen molar-refractivity contribution in [3.63, 3.8) is 0 Å². The quantitative estimate of drug-likeness (QED) is 0.285. The van der Waals surface area contributed by atoms with Crippen molar-refractivity contribution in [2.75, 3.05) is 6.54 Å². The maximum Gasteiger partial charge on any atom is 0.416 e. The Hall–Kier alpha value is -2.78. The molecule has 3 rings (SSSR count). The third kappa shape index (κ3) is 7.64. The van der Waals surface area contributed by atoms with Crippen LogP contribution in [0, 0.1) is 5.82 Å². The average molecular weight is 480 g/mol. The maximum absolute atomic E-state index is 13.3. The topological polar surface area (TPSA) is 45.2 Å². The molecule has 0 saturated carbocycles. The van der Waals surface area contributed by atoms with Crippen LogP contribution >= 0.6 is 11.3 Å². The number of unbranched alkanes of at least 4 members (excludes halogenated alkanes) is 1. The van der Waals surface area contributed by atoms with Gasteiger partial charge in [0.05, 0.1) is 12.1 Å². The Balaban J connectivity index is 1.76. The normalized spacial score (nSPS) is 11.7. The van der Waals surface area contributed by atoms with Crippen LogP contribution in [0.3, 0.4) is 0 Å². The molecule has 1 heterocycles. The van der Waals surface area contributed by atoms with E-state index in [4.69, 9.17) is 0 Å². The Morgan fingerprint density at radius 2 is 1.79 bits per heavy atom. The summed E-state index contributed by atoms with van der Waals surface area (Å²) in [6, 6.07) is 11.2. The molecule has 1 N–H and O–H groups in total. The fourth-order valence-corrected chi connectivity index (χ4v) is 4.08. The fourth-order valence-electron chi connectivity index (χ4n) is 3.27. The SMILES string of the molecule is CCCCNC(=O)c1csc(CN(Cc2ccc(F)cc2)Cc2cccc(C(F)(F)F)c2)n1. The van der Waals surface area contributed by atoms with Gasteiger partial charge >= 0.3 is 6.18 Å². The van der Waals surface area contributed by atoms with Crippen LogP contribution in [0.2, 0.25) is 0 Å². The molecule has 4 nitrogen and oxygen atoms in total. The molecule has 0 aliphatic carbocycles. The van der Waals surface area contributed by atoms with E-state index in [1.165, 1.54) is 29.5 Å². The van der Waals surface area contributed by atoms with Crippen molar-refractivity contribution in [2.24, 2.45) is 0 Å². The highest BCUT2D eigenvalue weighted by atomic mass is 32.1. The van der Waals surface area contributed by atoms with Crippen LogP contribution in [0.15, 0.2) is 53.9 Å². The van der Waals surface area contributed by atoms with Gasteiger partial charge in [-0.2, -0.15) is 13.2 Å². The molecule has 1 aromatic heterocycles. The van der Waals surface area contributed by atoms with Gasteiger partial charge in [-0.05, 0) is 35.7 Å². The molecule has 0 spiro atoms. The summed E-state index contributed by atoms with van der Waals surface area (Å²) < 4.78 is 52.7. The largest absolute Gasteiger partial charge is 0.416 e. The Morgan fingerprint density at radius 3 is 2.48 bits per heavy atom. The number of halogens is 4. The predicted octanol–water partition coefficient (Wildman–Crippen LogP) is 6.03. The van der Waals surface area contributed by atoms with Crippen molar-refractivity contribution in [1.29, 1.82) is 0 Å². The van der Waals surface area contributed by atoms with Crippen molar-refractivity contribution in [1.82, 2.24) is 15.2 Å². The average Bonchev–Trinajstić information content (AvgIpc) is 3.23. The van der Waals surface area contributed by atoms with E-state index in [0.29, 0.717) is 35.9 Å². The minimum absolute atomic E-state index is 0.235. The molecule has 0 aliphatic rings. The third-order valence-corrected chi connectivity index (χ3v) is 5.77. The molecule has 0 fully saturated rings. The predicted molar refractivity (Wildman–Crippen MR) is 120 cm³/mol. The molecule has 3 aromatic rings. The zero-order chi connectivity index (χ0) is 23.8. The van der Waals surface area contributed by atoms with Crippen molar-refractivity contribution < 1.29 is 22.4 Å². The highest BCUT2D eigenvalue weighted by molar-refractivity contribution is 7.09. The molecule has 0 unspecified atom stereocenters. The Morgan fingerprint density at radius 1 is 1.06 bits per heavy atom. The van der Waals surface area contributed by atoms with Crippen LogP contribution in [0.25, 0.3) is 0 Å². The van der Waals surface area contributed by atoms with Crippen molar-refractivity contribution in [3.8, 4) is 0 Å². The van der Waals surface area contributed by atoms with Crippen LogP contribution in [-0.2, 0) is 25.8 Å². The number of hydrogen-bond donors (Lipinski definition) is 1. The maximum atomic E-state index is 13.3. The molecule has 0 atom stereocenters. The van der Waals surface area contributed by atoms with Crippen LogP contribution in [-0.4, -0.2) is 22.3 Å². The number of carbonyl (C=O) groups is 1. The van der Waals surface area contributed by atoms with Gasteiger partial charge in [0.1, 0.15) is 16.5 Å². The zero-order valence-corrected chi connectivity index (χ0v) is 19.0.